The number of carbonyl (C=O) groups excluding carboxylic acids is 2. The lowest BCUT2D eigenvalue weighted by Crippen LogP contribution is -2.20. The van der Waals surface area contributed by atoms with Crippen LogP contribution in [-0.4, -0.2) is 29.3 Å². The molecule has 1 aromatic heterocycles. The molecule has 1 aliphatic rings. The molecule has 2 aromatic carbocycles. The number of nitriles is 1. The second-order valence-electron chi connectivity index (χ2n) is 8.48. The van der Waals surface area contributed by atoms with Crippen LogP contribution in [-0.2, 0) is 16.1 Å². The summed E-state index contributed by atoms with van der Waals surface area (Å²) in [5.41, 5.74) is 8.95. The molecule has 33 heavy (non-hydrogen) atoms. The molecule has 0 saturated heterocycles. The number of anilines is 1. The molecule has 8 nitrogen and oxygen atoms in total. The number of aromatic nitrogens is 1. The van der Waals surface area contributed by atoms with Gasteiger partial charge < -0.3 is 19.8 Å². The zero-order valence-electron chi connectivity index (χ0n) is 18.6. The minimum absolute atomic E-state index is 0.208. The molecule has 1 fully saturated rings. The fourth-order valence-electron chi connectivity index (χ4n) is 3.81. The van der Waals surface area contributed by atoms with Gasteiger partial charge in [-0.05, 0) is 62.4 Å². The molecule has 2 amide bonds. The predicted molar refractivity (Wildman–Crippen MR) is 125 cm³/mol. The monoisotopic (exact) mass is 446 g/mol. The zero-order valence-corrected chi connectivity index (χ0v) is 18.6. The van der Waals surface area contributed by atoms with E-state index in [0.717, 1.165) is 41.5 Å². The molecule has 0 spiro atoms. The molecule has 0 atom stereocenters. The number of ether oxygens (including phenoxy) is 2. The van der Waals surface area contributed by atoms with Gasteiger partial charge in [0.1, 0.15) is 11.8 Å². The highest BCUT2D eigenvalue weighted by Gasteiger charge is 2.26. The van der Waals surface area contributed by atoms with E-state index in [1.165, 1.54) is 0 Å². The second kappa shape index (κ2) is 9.25. The maximum absolute atomic E-state index is 11.9. The van der Waals surface area contributed by atoms with Crippen molar-refractivity contribution in [2.75, 3.05) is 11.9 Å². The van der Waals surface area contributed by atoms with E-state index >= 15 is 0 Å². The summed E-state index contributed by atoms with van der Waals surface area (Å²) in [5, 5.41) is 13.5. The number of nitrogens with two attached hydrogens (primary N) is 1. The predicted octanol–water partition coefficient (Wildman–Crippen LogP) is 4.41. The minimum atomic E-state index is -0.548. The molecule has 8 heteroatoms. The van der Waals surface area contributed by atoms with Gasteiger partial charge in [0.15, 0.2) is 6.61 Å². The maximum Gasteiger partial charge on any atom is 0.411 e. The van der Waals surface area contributed by atoms with E-state index in [9.17, 15) is 14.9 Å². The van der Waals surface area contributed by atoms with Gasteiger partial charge in [-0.25, -0.2) is 4.79 Å². The summed E-state index contributed by atoms with van der Waals surface area (Å²) < 4.78 is 12.8. The molecule has 0 unspecified atom stereocenters. The Bertz CT molecular complexity index is 1230. The molecular weight excluding hydrogens is 420 g/mol. The molecule has 0 radical (unpaired) electrons. The SMILES string of the molecule is CC(C)OC(=O)Nc1ccc(-c2c(C#N)c3ccc(OCC(N)=O)cc3n2CC2CC2)cc1. The molecule has 3 N–H and O–H groups in total. The largest absolute Gasteiger partial charge is 0.484 e. The lowest BCUT2D eigenvalue weighted by molar-refractivity contribution is -0.119. The summed E-state index contributed by atoms with van der Waals surface area (Å²) in [7, 11) is 0. The number of carbonyl (C=O) groups is 2. The Balaban J connectivity index is 1.73. The average Bonchev–Trinajstić information content (AvgIpc) is 3.54. The van der Waals surface area contributed by atoms with E-state index in [0.29, 0.717) is 22.9 Å². The summed E-state index contributed by atoms with van der Waals surface area (Å²) in [4.78, 5) is 23.0. The Morgan fingerprint density at radius 2 is 1.94 bits per heavy atom. The molecule has 1 heterocycles. The number of fused-ring (bicyclic) bond motifs is 1. The third-order valence-electron chi connectivity index (χ3n) is 5.41. The highest BCUT2D eigenvalue weighted by molar-refractivity contribution is 5.95. The first-order valence-electron chi connectivity index (χ1n) is 10.9. The van der Waals surface area contributed by atoms with E-state index in [4.69, 9.17) is 15.2 Å². The van der Waals surface area contributed by atoms with E-state index in [1.807, 2.05) is 24.3 Å². The van der Waals surface area contributed by atoms with Crippen molar-refractivity contribution in [3.63, 3.8) is 0 Å². The van der Waals surface area contributed by atoms with Gasteiger partial charge in [0.25, 0.3) is 5.91 Å². The summed E-state index contributed by atoms with van der Waals surface area (Å²) >= 11 is 0. The van der Waals surface area contributed by atoms with Gasteiger partial charge in [-0.3, -0.25) is 10.1 Å². The van der Waals surface area contributed by atoms with Crippen molar-refractivity contribution in [3.05, 3.63) is 48.0 Å². The number of nitrogens with one attached hydrogen (secondary N) is 1. The van der Waals surface area contributed by atoms with Crippen LogP contribution in [0.3, 0.4) is 0 Å². The van der Waals surface area contributed by atoms with Crippen molar-refractivity contribution in [3.8, 4) is 23.1 Å². The molecule has 170 valence electrons. The summed E-state index contributed by atoms with van der Waals surface area (Å²) in [5.74, 6) is 0.538. The van der Waals surface area contributed by atoms with Gasteiger partial charge in [-0.2, -0.15) is 5.26 Å². The van der Waals surface area contributed by atoms with Crippen molar-refractivity contribution >= 4 is 28.6 Å². The number of benzene rings is 2. The normalized spacial score (nSPS) is 13.0. The van der Waals surface area contributed by atoms with Gasteiger partial charge in [0.05, 0.1) is 22.9 Å². The van der Waals surface area contributed by atoms with Crippen molar-refractivity contribution in [1.82, 2.24) is 4.57 Å². The first kappa shape index (κ1) is 22.2. The second-order valence-corrected chi connectivity index (χ2v) is 8.48. The van der Waals surface area contributed by atoms with E-state index in [1.54, 1.807) is 32.0 Å². The van der Waals surface area contributed by atoms with Gasteiger partial charge in [0.2, 0.25) is 0 Å². The van der Waals surface area contributed by atoms with E-state index in [2.05, 4.69) is 16.0 Å². The Kier molecular flexibility index (Phi) is 6.22. The van der Waals surface area contributed by atoms with Gasteiger partial charge >= 0.3 is 6.09 Å². The van der Waals surface area contributed by atoms with Crippen LogP contribution in [0.2, 0.25) is 0 Å². The molecule has 1 aliphatic carbocycles. The van der Waals surface area contributed by atoms with Crippen LogP contribution >= 0.6 is 0 Å². The number of hydrogen-bond donors (Lipinski definition) is 2. The van der Waals surface area contributed by atoms with Crippen molar-refractivity contribution < 1.29 is 19.1 Å². The highest BCUT2D eigenvalue weighted by atomic mass is 16.6. The Morgan fingerprint density at radius 1 is 1.21 bits per heavy atom. The van der Waals surface area contributed by atoms with Crippen molar-refractivity contribution in [1.29, 1.82) is 5.26 Å². The maximum atomic E-state index is 11.9. The average molecular weight is 447 g/mol. The van der Waals surface area contributed by atoms with E-state index < -0.39 is 12.0 Å². The van der Waals surface area contributed by atoms with Crippen LogP contribution < -0.4 is 15.8 Å². The smallest absolute Gasteiger partial charge is 0.411 e. The number of nitrogens with zero attached hydrogens (tertiary/aromatic N) is 2. The summed E-state index contributed by atoms with van der Waals surface area (Å²) in [6.45, 7) is 4.15. The Labute approximate surface area is 191 Å². The molecular formula is C25H26N4O4. The fourth-order valence-corrected chi connectivity index (χ4v) is 3.81. The fraction of sp³-hybridized carbons (Fsp3) is 0.320. The highest BCUT2D eigenvalue weighted by Crippen LogP contribution is 2.39. The number of hydrogen-bond acceptors (Lipinski definition) is 5. The van der Waals surface area contributed by atoms with Gasteiger partial charge in [-0.15, -0.1) is 0 Å². The standard InChI is InChI=1S/C25H26N4O4/c1-15(2)33-25(31)28-18-7-5-17(6-8-18)24-21(12-26)20-10-9-19(32-14-23(27)30)11-22(20)29(24)13-16-3-4-16/h5-11,15-16H,3-4,13-14H2,1-2H3,(H2,27,30)(H,28,31). The molecule has 1 saturated carbocycles. The first-order chi connectivity index (χ1) is 15.9. The van der Waals surface area contributed by atoms with Crippen molar-refractivity contribution in [2.45, 2.75) is 39.3 Å². The molecule has 4 rings (SSSR count). The number of rotatable bonds is 8. The van der Waals surface area contributed by atoms with Crippen LogP contribution in [0.25, 0.3) is 22.2 Å². The Hall–Kier alpha value is -3.99. The third-order valence-corrected chi connectivity index (χ3v) is 5.41. The van der Waals surface area contributed by atoms with Gasteiger partial charge in [0, 0.05) is 23.7 Å². The van der Waals surface area contributed by atoms with E-state index in [-0.39, 0.29) is 12.7 Å². The number of primary amides is 1. The quantitative estimate of drug-likeness (QED) is 0.531. The Morgan fingerprint density at radius 3 is 2.55 bits per heavy atom. The molecule has 0 bridgehead atoms. The third kappa shape index (κ3) is 5.09. The van der Waals surface area contributed by atoms with Gasteiger partial charge in [-0.1, -0.05) is 12.1 Å². The van der Waals surface area contributed by atoms with Crippen LogP contribution in [0.5, 0.6) is 5.75 Å². The minimum Gasteiger partial charge on any atom is -0.484 e. The van der Waals surface area contributed by atoms with Crippen LogP contribution in [0.15, 0.2) is 42.5 Å². The lowest BCUT2D eigenvalue weighted by Gasteiger charge is -2.13. The van der Waals surface area contributed by atoms with Crippen LogP contribution in [0.1, 0.15) is 32.3 Å². The van der Waals surface area contributed by atoms with Crippen LogP contribution in [0.4, 0.5) is 10.5 Å². The molecule has 3 aromatic rings. The number of amides is 2. The lowest BCUT2D eigenvalue weighted by atomic mass is 10.1. The first-order valence-corrected chi connectivity index (χ1v) is 10.9. The zero-order chi connectivity index (χ0) is 23.5. The van der Waals surface area contributed by atoms with Crippen LogP contribution in [0, 0.1) is 17.2 Å². The molecule has 0 aliphatic heterocycles. The van der Waals surface area contributed by atoms with Crippen molar-refractivity contribution in [2.24, 2.45) is 11.7 Å². The summed E-state index contributed by atoms with van der Waals surface area (Å²) in [6, 6.07) is 15.1. The summed E-state index contributed by atoms with van der Waals surface area (Å²) in [6.07, 6.45) is 1.58. The topological polar surface area (TPSA) is 119 Å².